The van der Waals surface area contributed by atoms with Crippen LogP contribution in [0.4, 0.5) is 18.0 Å². The second-order valence-corrected chi connectivity index (χ2v) is 6.84. The molecule has 2 aromatic rings. The van der Waals surface area contributed by atoms with Crippen LogP contribution in [0.5, 0.6) is 0 Å². The fourth-order valence-electron chi connectivity index (χ4n) is 3.54. The van der Waals surface area contributed by atoms with Crippen LogP contribution >= 0.6 is 0 Å². The average molecular weight is 380 g/mol. The van der Waals surface area contributed by atoms with Gasteiger partial charge in [0.05, 0.1) is 12.5 Å². The molecule has 0 aliphatic heterocycles. The van der Waals surface area contributed by atoms with Gasteiger partial charge in [0.2, 0.25) is 0 Å². The maximum absolute atomic E-state index is 13.1. The third-order valence-corrected chi connectivity index (χ3v) is 4.95. The molecule has 146 valence electrons. The van der Waals surface area contributed by atoms with Crippen LogP contribution in [-0.2, 0) is 13.1 Å². The van der Waals surface area contributed by atoms with Crippen LogP contribution in [-0.4, -0.2) is 28.0 Å². The highest BCUT2D eigenvalue weighted by Crippen LogP contribution is 2.37. The number of rotatable bonds is 5. The third-order valence-electron chi connectivity index (χ3n) is 4.95. The van der Waals surface area contributed by atoms with Gasteiger partial charge in [-0.1, -0.05) is 37.1 Å². The summed E-state index contributed by atoms with van der Waals surface area (Å²) in [6.07, 6.45) is 0.922. The van der Waals surface area contributed by atoms with Crippen molar-refractivity contribution in [2.75, 3.05) is 0 Å². The minimum Gasteiger partial charge on any atom is -0.335 e. The number of carbonyl (C=O) groups is 1. The molecular formula is C19H23F3N4O. The summed E-state index contributed by atoms with van der Waals surface area (Å²) >= 11 is 0. The van der Waals surface area contributed by atoms with Crippen LogP contribution in [0.3, 0.4) is 0 Å². The summed E-state index contributed by atoms with van der Waals surface area (Å²) in [6, 6.07) is 7.99. The van der Waals surface area contributed by atoms with Crippen molar-refractivity contribution in [2.24, 2.45) is 5.92 Å². The number of nitrogens with one attached hydrogen (secondary N) is 2. The molecular weight excluding hydrogens is 357 g/mol. The van der Waals surface area contributed by atoms with Crippen LogP contribution in [0, 0.1) is 5.92 Å². The van der Waals surface area contributed by atoms with Gasteiger partial charge in [-0.05, 0) is 30.0 Å². The fourth-order valence-corrected chi connectivity index (χ4v) is 3.54. The number of alkyl halides is 3. The molecule has 8 heteroatoms. The number of halogens is 3. The first kappa shape index (κ1) is 19.3. The molecule has 1 heterocycles. The van der Waals surface area contributed by atoms with Crippen LogP contribution in [0.25, 0.3) is 0 Å². The molecule has 0 spiro atoms. The van der Waals surface area contributed by atoms with Crippen molar-refractivity contribution in [1.82, 2.24) is 20.4 Å². The SMILES string of the molecule is O=C(NCc1ccccc1Cn1cccn1)N[C@@H]1CCCC[C@@H]1C(F)(F)F. The van der Waals surface area contributed by atoms with E-state index in [9.17, 15) is 18.0 Å². The highest BCUT2D eigenvalue weighted by atomic mass is 19.4. The Labute approximate surface area is 155 Å². The molecule has 1 saturated carbocycles. The number of amides is 2. The zero-order valence-corrected chi connectivity index (χ0v) is 14.9. The Kier molecular flexibility index (Phi) is 6.03. The average Bonchev–Trinajstić information content (AvgIpc) is 3.14. The fraction of sp³-hybridized carbons (Fsp3) is 0.474. The van der Waals surface area contributed by atoms with Gasteiger partial charge in [0.1, 0.15) is 0 Å². The molecule has 0 radical (unpaired) electrons. The molecule has 1 aliphatic carbocycles. The smallest absolute Gasteiger partial charge is 0.335 e. The molecule has 0 bridgehead atoms. The topological polar surface area (TPSA) is 59.0 Å². The molecule has 1 aliphatic rings. The Bertz CT molecular complexity index is 746. The lowest BCUT2D eigenvalue weighted by Gasteiger charge is -2.33. The Morgan fingerprint density at radius 1 is 1.15 bits per heavy atom. The molecule has 2 N–H and O–H groups in total. The Hall–Kier alpha value is -2.51. The largest absolute Gasteiger partial charge is 0.393 e. The number of benzene rings is 1. The zero-order valence-electron chi connectivity index (χ0n) is 14.9. The molecule has 1 aromatic heterocycles. The molecule has 27 heavy (non-hydrogen) atoms. The summed E-state index contributed by atoms with van der Waals surface area (Å²) in [5.74, 6) is -1.47. The molecule has 0 saturated heterocycles. The monoisotopic (exact) mass is 380 g/mol. The number of urea groups is 1. The quantitative estimate of drug-likeness (QED) is 0.828. The van der Waals surface area contributed by atoms with E-state index in [1.54, 1.807) is 10.9 Å². The van der Waals surface area contributed by atoms with E-state index in [1.165, 1.54) is 0 Å². The molecule has 2 amide bonds. The summed E-state index contributed by atoms with van der Waals surface area (Å²) in [4.78, 5) is 12.2. The lowest BCUT2D eigenvalue weighted by molar-refractivity contribution is -0.187. The first-order chi connectivity index (χ1) is 12.9. The van der Waals surface area contributed by atoms with Gasteiger partial charge in [0.25, 0.3) is 0 Å². The molecule has 0 unspecified atom stereocenters. The Morgan fingerprint density at radius 3 is 2.59 bits per heavy atom. The summed E-state index contributed by atoms with van der Waals surface area (Å²) in [5, 5.41) is 9.38. The lowest BCUT2D eigenvalue weighted by Crippen LogP contribution is -2.50. The van der Waals surface area contributed by atoms with Gasteiger partial charge in [-0.25, -0.2) is 4.79 Å². The summed E-state index contributed by atoms with van der Waals surface area (Å²) in [7, 11) is 0. The highest BCUT2D eigenvalue weighted by molar-refractivity contribution is 5.74. The van der Waals surface area contributed by atoms with Gasteiger partial charge in [-0.3, -0.25) is 4.68 Å². The number of hydrogen-bond acceptors (Lipinski definition) is 2. The van der Waals surface area contributed by atoms with Gasteiger partial charge >= 0.3 is 12.2 Å². The van der Waals surface area contributed by atoms with Gasteiger partial charge in [-0.2, -0.15) is 18.3 Å². The third kappa shape index (κ3) is 5.24. The van der Waals surface area contributed by atoms with Crippen molar-refractivity contribution in [3.8, 4) is 0 Å². The standard InChI is InChI=1S/C19H23F3N4O/c20-19(21,22)16-8-3-4-9-17(16)25-18(27)23-12-14-6-1-2-7-15(14)13-26-11-5-10-24-26/h1-2,5-7,10-11,16-17H,3-4,8-9,12-13H2,(H2,23,25,27)/t16-,17+/m0/s1. The van der Waals surface area contributed by atoms with Gasteiger partial charge in [0, 0.05) is 25.0 Å². The van der Waals surface area contributed by atoms with E-state index >= 15 is 0 Å². The van der Waals surface area contributed by atoms with Crippen molar-refractivity contribution >= 4 is 6.03 Å². The Morgan fingerprint density at radius 2 is 1.89 bits per heavy atom. The molecule has 1 fully saturated rings. The molecule has 3 rings (SSSR count). The molecule has 2 atom stereocenters. The maximum atomic E-state index is 13.1. The predicted molar refractivity (Wildman–Crippen MR) is 94.9 cm³/mol. The van der Waals surface area contributed by atoms with E-state index in [1.807, 2.05) is 36.5 Å². The normalized spacial score (nSPS) is 20.3. The molecule has 5 nitrogen and oxygen atoms in total. The van der Waals surface area contributed by atoms with Crippen LogP contribution in [0.15, 0.2) is 42.7 Å². The number of aromatic nitrogens is 2. The van der Waals surface area contributed by atoms with E-state index in [4.69, 9.17) is 0 Å². The van der Waals surface area contributed by atoms with E-state index in [0.717, 1.165) is 11.1 Å². The number of carbonyl (C=O) groups excluding carboxylic acids is 1. The summed E-state index contributed by atoms with van der Waals surface area (Å²) < 4.78 is 41.2. The van der Waals surface area contributed by atoms with Crippen molar-refractivity contribution in [3.63, 3.8) is 0 Å². The van der Waals surface area contributed by atoms with E-state index in [0.29, 0.717) is 25.8 Å². The van der Waals surface area contributed by atoms with Gasteiger partial charge in [-0.15, -0.1) is 0 Å². The van der Waals surface area contributed by atoms with Crippen LogP contribution < -0.4 is 10.6 Å². The minimum atomic E-state index is -4.28. The van der Waals surface area contributed by atoms with Gasteiger partial charge in [0.15, 0.2) is 0 Å². The van der Waals surface area contributed by atoms with Crippen LogP contribution in [0.1, 0.15) is 36.8 Å². The summed E-state index contributed by atoms with van der Waals surface area (Å²) in [5.41, 5.74) is 1.89. The van der Waals surface area contributed by atoms with Crippen molar-refractivity contribution in [2.45, 2.75) is 51.0 Å². The second kappa shape index (κ2) is 8.45. The van der Waals surface area contributed by atoms with Crippen molar-refractivity contribution in [3.05, 3.63) is 53.9 Å². The van der Waals surface area contributed by atoms with Crippen molar-refractivity contribution in [1.29, 1.82) is 0 Å². The lowest BCUT2D eigenvalue weighted by atomic mass is 9.84. The summed E-state index contributed by atoms with van der Waals surface area (Å²) in [6.45, 7) is 0.803. The number of nitrogens with zero attached hydrogens (tertiary/aromatic N) is 2. The Balaban J connectivity index is 1.58. The molecule has 1 aromatic carbocycles. The second-order valence-electron chi connectivity index (χ2n) is 6.84. The zero-order chi connectivity index (χ0) is 19.3. The number of hydrogen-bond donors (Lipinski definition) is 2. The maximum Gasteiger partial charge on any atom is 0.393 e. The van der Waals surface area contributed by atoms with E-state index < -0.39 is 24.2 Å². The predicted octanol–water partition coefficient (Wildman–Crippen LogP) is 3.85. The van der Waals surface area contributed by atoms with Gasteiger partial charge < -0.3 is 10.6 Å². The van der Waals surface area contributed by atoms with E-state index in [-0.39, 0.29) is 13.0 Å². The first-order valence-corrected chi connectivity index (χ1v) is 9.09. The van der Waals surface area contributed by atoms with Crippen LogP contribution in [0.2, 0.25) is 0 Å². The minimum absolute atomic E-state index is 0.0706. The van der Waals surface area contributed by atoms with Crippen molar-refractivity contribution < 1.29 is 18.0 Å². The highest BCUT2D eigenvalue weighted by Gasteiger charge is 2.45. The van der Waals surface area contributed by atoms with E-state index in [2.05, 4.69) is 15.7 Å². The first-order valence-electron chi connectivity index (χ1n) is 9.09.